The van der Waals surface area contributed by atoms with E-state index in [0.29, 0.717) is 6.04 Å². The Kier molecular flexibility index (Phi) is 4.23. The maximum Gasteiger partial charge on any atom is 0.0429 e. The van der Waals surface area contributed by atoms with Crippen LogP contribution in [0, 0.1) is 5.92 Å². The number of halogens is 1. The quantitative estimate of drug-likeness (QED) is 0.809. The standard InChI is InChI=1S/C17H25ClN2/c1-12(2)19-10-14-5-6-15(18)9-17(14)20(16-7-8-16)11-13-3-4-13/h5-6,9,12-13,16,19H,3-4,7-8,10-11H2,1-2H3. The van der Waals surface area contributed by atoms with Gasteiger partial charge in [-0.2, -0.15) is 0 Å². The van der Waals surface area contributed by atoms with Gasteiger partial charge in [0.2, 0.25) is 0 Å². The fourth-order valence-electron chi connectivity index (χ4n) is 2.68. The van der Waals surface area contributed by atoms with Crippen LogP contribution in [0.2, 0.25) is 5.02 Å². The van der Waals surface area contributed by atoms with Crippen molar-refractivity contribution in [2.75, 3.05) is 11.4 Å². The van der Waals surface area contributed by atoms with Crippen LogP contribution in [0.25, 0.3) is 0 Å². The van der Waals surface area contributed by atoms with Gasteiger partial charge in [-0.3, -0.25) is 0 Å². The summed E-state index contributed by atoms with van der Waals surface area (Å²) < 4.78 is 0. The predicted molar refractivity (Wildman–Crippen MR) is 86.5 cm³/mol. The monoisotopic (exact) mass is 292 g/mol. The zero-order valence-electron chi connectivity index (χ0n) is 12.5. The largest absolute Gasteiger partial charge is 0.368 e. The molecule has 0 unspecified atom stereocenters. The van der Waals surface area contributed by atoms with Gasteiger partial charge in [0, 0.05) is 35.9 Å². The lowest BCUT2D eigenvalue weighted by Gasteiger charge is -2.28. The van der Waals surface area contributed by atoms with Crippen molar-refractivity contribution in [1.82, 2.24) is 5.32 Å². The van der Waals surface area contributed by atoms with Crippen molar-refractivity contribution in [3.05, 3.63) is 28.8 Å². The minimum absolute atomic E-state index is 0.510. The van der Waals surface area contributed by atoms with Crippen molar-refractivity contribution >= 4 is 17.3 Å². The van der Waals surface area contributed by atoms with Crippen LogP contribution in [-0.2, 0) is 6.54 Å². The zero-order chi connectivity index (χ0) is 14.1. The summed E-state index contributed by atoms with van der Waals surface area (Å²) in [7, 11) is 0. The predicted octanol–water partition coefficient (Wildman–Crippen LogP) is 4.22. The van der Waals surface area contributed by atoms with E-state index in [4.69, 9.17) is 11.6 Å². The normalized spacial score (nSPS) is 18.6. The number of hydrogen-bond donors (Lipinski definition) is 1. The summed E-state index contributed by atoms with van der Waals surface area (Å²) in [6.45, 7) is 6.54. The minimum Gasteiger partial charge on any atom is -0.368 e. The molecular weight excluding hydrogens is 268 g/mol. The molecule has 1 aromatic rings. The molecule has 2 nitrogen and oxygen atoms in total. The van der Waals surface area contributed by atoms with E-state index >= 15 is 0 Å². The first kappa shape index (κ1) is 14.2. The fraction of sp³-hybridized carbons (Fsp3) is 0.647. The molecule has 3 rings (SSSR count). The minimum atomic E-state index is 0.510. The third-order valence-corrected chi connectivity index (χ3v) is 4.43. The molecule has 1 N–H and O–H groups in total. The highest BCUT2D eigenvalue weighted by Gasteiger charge is 2.34. The molecule has 20 heavy (non-hydrogen) atoms. The lowest BCUT2D eigenvalue weighted by atomic mass is 10.1. The van der Waals surface area contributed by atoms with Crippen molar-refractivity contribution in [1.29, 1.82) is 0 Å². The molecule has 0 aliphatic heterocycles. The first-order chi connectivity index (χ1) is 9.63. The van der Waals surface area contributed by atoms with Crippen LogP contribution in [0.15, 0.2) is 18.2 Å². The smallest absolute Gasteiger partial charge is 0.0429 e. The highest BCUT2D eigenvalue weighted by Crippen LogP contribution is 2.39. The van der Waals surface area contributed by atoms with Gasteiger partial charge in [-0.1, -0.05) is 31.5 Å². The van der Waals surface area contributed by atoms with Gasteiger partial charge in [0.1, 0.15) is 0 Å². The number of rotatable bonds is 7. The van der Waals surface area contributed by atoms with Crippen LogP contribution in [0.4, 0.5) is 5.69 Å². The fourth-order valence-corrected chi connectivity index (χ4v) is 2.84. The molecule has 0 heterocycles. The Morgan fingerprint density at radius 1 is 1.25 bits per heavy atom. The van der Waals surface area contributed by atoms with Crippen LogP contribution in [0.3, 0.4) is 0 Å². The van der Waals surface area contributed by atoms with Crippen LogP contribution in [0.1, 0.15) is 45.1 Å². The average Bonchev–Trinajstić information content (AvgIpc) is 3.25. The van der Waals surface area contributed by atoms with E-state index in [2.05, 4.69) is 36.2 Å². The van der Waals surface area contributed by atoms with E-state index < -0.39 is 0 Å². The second kappa shape index (κ2) is 5.95. The van der Waals surface area contributed by atoms with Crippen molar-refractivity contribution in [3.63, 3.8) is 0 Å². The van der Waals surface area contributed by atoms with E-state index in [-0.39, 0.29) is 0 Å². The van der Waals surface area contributed by atoms with Crippen LogP contribution in [0.5, 0.6) is 0 Å². The number of nitrogens with zero attached hydrogens (tertiary/aromatic N) is 1. The summed E-state index contributed by atoms with van der Waals surface area (Å²) in [5, 5.41) is 4.39. The maximum absolute atomic E-state index is 6.25. The molecule has 2 saturated carbocycles. The third-order valence-electron chi connectivity index (χ3n) is 4.20. The summed E-state index contributed by atoms with van der Waals surface area (Å²) in [6, 6.07) is 7.64. The lowest BCUT2D eigenvalue weighted by Crippen LogP contribution is -2.30. The number of hydrogen-bond acceptors (Lipinski definition) is 2. The van der Waals surface area contributed by atoms with Crippen molar-refractivity contribution in [2.45, 2.75) is 58.2 Å². The zero-order valence-corrected chi connectivity index (χ0v) is 13.3. The molecular formula is C17H25ClN2. The Hall–Kier alpha value is -0.730. The van der Waals surface area contributed by atoms with Gasteiger partial charge in [0.25, 0.3) is 0 Å². The Labute approximate surface area is 127 Å². The molecule has 0 spiro atoms. The molecule has 2 aliphatic carbocycles. The summed E-state index contributed by atoms with van der Waals surface area (Å²) in [5.74, 6) is 0.917. The first-order valence-corrected chi connectivity index (χ1v) is 8.29. The molecule has 0 radical (unpaired) electrons. The lowest BCUT2D eigenvalue weighted by molar-refractivity contribution is 0.586. The Balaban J connectivity index is 1.81. The topological polar surface area (TPSA) is 15.3 Å². The van der Waals surface area contributed by atoms with Gasteiger partial charge in [-0.15, -0.1) is 0 Å². The van der Waals surface area contributed by atoms with E-state index in [1.54, 1.807) is 0 Å². The Bertz CT molecular complexity index is 464. The summed E-state index contributed by atoms with van der Waals surface area (Å²) >= 11 is 6.25. The van der Waals surface area contributed by atoms with Gasteiger partial charge in [0.15, 0.2) is 0 Å². The molecule has 0 amide bonds. The van der Waals surface area contributed by atoms with E-state index in [9.17, 15) is 0 Å². The van der Waals surface area contributed by atoms with E-state index in [1.807, 2.05) is 6.07 Å². The molecule has 2 fully saturated rings. The molecule has 0 aromatic heterocycles. The molecule has 0 bridgehead atoms. The van der Waals surface area contributed by atoms with Gasteiger partial charge in [-0.25, -0.2) is 0 Å². The van der Waals surface area contributed by atoms with Crippen LogP contribution < -0.4 is 10.2 Å². The highest BCUT2D eigenvalue weighted by atomic mass is 35.5. The van der Waals surface area contributed by atoms with E-state index in [0.717, 1.165) is 23.5 Å². The Morgan fingerprint density at radius 2 is 2.00 bits per heavy atom. The summed E-state index contributed by atoms with van der Waals surface area (Å²) in [5.41, 5.74) is 2.75. The average molecular weight is 293 g/mol. The van der Waals surface area contributed by atoms with Crippen LogP contribution in [-0.4, -0.2) is 18.6 Å². The number of anilines is 1. The molecule has 110 valence electrons. The summed E-state index contributed by atoms with van der Waals surface area (Å²) in [6.07, 6.45) is 5.50. The molecule has 0 saturated heterocycles. The Morgan fingerprint density at radius 3 is 2.60 bits per heavy atom. The summed E-state index contributed by atoms with van der Waals surface area (Å²) in [4.78, 5) is 2.63. The van der Waals surface area contributed by atoms with Crippen LogP contribution >= 0.6 is 11.6 Å². The molecule has 1 aromatic carbocycles. The van der Waals surface area contributed by atoms with E-state index in [1.165, 1.54) is 43.5 Å². The SMILES string of the molecule is CC(C)NCc1ccc(Cl)cc1N(CC1CC1)C1CC1. The maximum atomic E-state index is 6.25. The van der Waals surface area contributed by atoms with Crippen molar-refractivity contribution in [3.8, 4) is 0 Å². The third kappa shape index (κ3) is 3.67. The number of nitrogens with one attached hydrogen (secondary N) is 1. The highest BCUT2D eigenvalue weighted by molar-refractivity contribution is 6.30. The van der Waals surface area contributed by atoms with Gasteiger partial charge >= 0.3 is 0 Å². The second-order valence-electron chi connectivity index (χ2n) is 6.64. The number of benzene rings is 1. The molecule has 0 atom stereocenters. The van der Waals surface area contributed by atoms with Gasteiger partial charge in [-0.05, 0) is 49.3 Å². The van der Waals surface area contributed by atoms with Gasteiger partial charge in [0.05, 0.1) is 0 Å². The van der Waals surface area contributed by atoms with Gasteiger partial charge < -0.3 is 10.2 Å². The van der Waals surface area contributed by atoms with Crippen molar-refractivity contribution in [2.24, 2.45) is 5.92 Å². The van der Waals surface area contributed by atoms with Crippen molar-refractivity contribution < 1.29 is 0 Å². The first-order valence-electron chi connectivity index (χ1n) is 7.92. The molecule has 3 heteroatoms. The second-order valence-corrected chi connectivity index (χ2v) is 7.07. The molecule has 2 aliphatic rings.